The monoisotopic (exact) mass is 182 g/mol. The van der Waals surface area contributed by atoms with Gasteiger partial charge in [-0.25, -0.2) is 0 Å². The van der Waals surface area contributed by atoms with E-state index in [1.807, 2.05) is 6.92 Å². The molecule has 3 heteroatoms. The van der Waals surface area contributed by atoms with E-state index in [2.05, 4.69) is 0 Å². The van der Waals surface area contributed by atoms with E-state index in [0.29, 0.717) is 12.2 Å². The van der Waals surface area contributed by atoms with Crippen LogP contribution in [-0.2, 0) is 0 Å². The summed E-state index contributed by atoms with van der Waals surface area (Å²) in [5.41, 5.74) is 0.761. The van der Waals surface area contributed by atoms with Crippen LogP contribution in [0.3, 0.4) is 0 Å². The van der Waals surface area contributed by atoms with E-state index in [-0.39, 0.29) is 5.75 Å². The SMILES string of the molecule is CC[C@@H](O)c1ccc(O)c(OC)c1. The van der Waals surface area contributed by atoms with Crippen LogP contribution < -0.4 is 4.74 Å². The number of hydrogen-bond donors (Lipinski definition) is 2. The summed E-state index contributed by atoms with van der Waals surface area (Å²) < 4.78 is 4.92. The highest BCUT2D eigenvalue weighted by atomic mass is 16.5. The number of methoxy groups -OCH3 is 1. The Labute approximate surface area is 77.6 Å². The van der Waals surface area contributed by atoms with Gasteiger partial charge in [-0.15, -0.1) is 0 Å². The zero-order valence-electron chi connectivity index (χ0n) is 7.82. The first kappa shape index (κ1) is 9.86. The molecule has 1 aromatic rings. The van der Waals surface area contributed by atoms with Gasteiger partial charge in [0.2, 0.25) is 0 Å². The second-order valence-corrected chi connectivity index (χ2v) is 2.86. The Kier molecular flexibility index (Phi) is 3.14. The molecule has 0 aliphatic heterocycles. The molecule has 3 nitrogen and oxygen atoms in total. The Bertz CT molecular complexity index is 283. The molecule has 13 heavy (non-hydrogen) atoms. The highest BCUT2D eigenvalue weighted by Gasteiger charge is 2.08. The van der Waals surface area contributed by atoms with Crippen molar-refractivity contribution < 1.29 is 14.9 Å². The molecule has 0 saturated carbocycles. The molecule has 0 unspecified atom stereocenters. The molecule has 0 bridgehead atoms. The Morgan fingerprint density at radius 2 is 2.15 bits per heavy atom. The normalized spacial score (nSPS) is 12.5. The summed E-state index contributed by atoms with van der Waals surface area (Å²) in [4.78, 5) is 0. The lowest BCUT2D eigenvalue weighted by molar-refractivity contribution is 0.173. The lowest BCUT2D eigenvalue weighted by Crippen LogP contribution is -1.95. The van der Waals surface area contributed by atoms with Crippen molar-refractivity contribution in [1.82, 2.24) is 0 Å². The third-order valence-corrected chi connectivity index (χ3v) is 1.98. The van der Waals surface area contributed by atoms with Crippen molar-refractivity contribution in [2.24, 2.45) is 0 Å². The first-order valence-electron chi connectivity index (χ1n) is 4.24. The van der Waals surface area contributed by atoms with Crippen LogP contribution in [0.2, 0.25) is 0 Å². The molecule has 0 amide bonds. The maximum atomic E-state index is 9.50. The third-order valence-electron chi connectivity index (χ3n) is 1.98. The van der Waals surface area contributed by atoms with Gasteiger partial charge in [-0.05, 0) is 24.1 Å². The summed E-state index contributed by atoms with van der Waals surface area (Å²) >= 11 is 0. The number of ether oxygens (including phenoxy) is 1. The summed E-state index contributed by atoms with van der Waals surface area (Å²) in [5, 5.41) is 18.8. The molecule has 1 atom stereocenters. The first-order chi connectivity index (χ1) is 6.19. The lowest BCUT2D eigenvalue weighted by Gasteiger charge is -2.10. The summed E-state index contributed by atoms with van der Waals surface area (Å²) in [5.74, 6) is 0.486. The third kappa shape index (κ3) is 2.12. The predicted octanol–water partition coefficient (Wildman–Crippen LogP) is 1.84. The minimum absolute atomic E-state index is 0.0922. The fourth-order valence-electron chi connectivity index (χ4n) is 1.14. The van der Waals surface area contributed by atoms with Crippen LogP contribution in [0.5, 0.6) is 11.5 Å². The van der Waals surface area contributed by atoms with Gasteiger partial charge in [0, 0.05) is 0 Å². The average molecular weight is 182 g/mol. The molecule has 0 spiro atoms. The van der Waals surface area contributed by atoms with Crippen LogP contribution in [0.25, 0.3) is 0 Å². The molecule has 0 aromatic heterocycles. The standard InChI is InChI=1S/C10H14O3/c1-3-8(11)7-4-5-9(12)10(6-7)13-2/h4-6,8,11-12H,3H2,1-2H3/t8-/m1/s1. The van der Waals surface area contributed by atoms with Gasteiger partial charge in [0.05, 0.1) is 13.2 Å². The molecule has 1 aromatic carbocycles. The minimum Gasteiger partial charge on any atom is -0.504 e. The van der Waals surface area contributed by atoms with Crippen molar-refractivity contribution in [3.8, 4) is 11.5 Å². The van der Waals surface area contributed by atoms with E-state index >= 15 is 0 Å². The number of aliphatic hydroxyl groups excluding tert-OH is 1. The Hall–Kier alpha value is -1.22. The topological polar surface area (TPSA) is 49.7 Å². The van der Waals surface area contributed by atoms with Crippen LogP contribution >= 0.6 is 0 Å². The Morgan fingerprint density at radius 1 is 1.46 bits per heavy atom. The maximum absolute atomic E-state index is 9.50. The average Bonchev–Trinajstić information content (AvgIpc) is 2.17. The number of hydrogen-bond acceptors (Lipinski definition) is 3. The van der Waals surface area contributed by atoms with Crippen LogP contribution in [0.4, 0.5) is 0 Å². The van der Waals surface area contributed by atoms with Gasteiger partial charge >= 0.3 is 0 Å². The van der Waals surface area contributed by atoms with Crippen molar-refractivity contribution in [2.75, 3.05) is 7.11 Å². The lowest BCUT2D eigenvalue weighted by atomic mass is 10.1. The van der Waals surface area contributed by atoms with E-state index in [1.54, 1.807) is 12.1 Å². The molecule has 0 aliphatic rings. The van der Waals surface area contributed by atoms with Gasteiger partial charge < -0.3 is 14.9 Å². The van der Waals surface area contributed by atoms with Gasteiger partial charge in [0.25, 0.3) is 0 Å². The maximum Gasteiger partial charge on any atom is 0.160 e. The highest BCUT2D eigenvalue weighted by Crippen LogP contribution is 2.29. The zero-order valence-corrected chi connectivity index (χ0v) is 7.82. The fraction of sp³-hybridized carbons (Fsp3) is 0.400. The molecule has 2 N–H and O–H groups in total. The zero-order chi connectivity index (χ0) is 9.84. The Balaban J connectivity index is 2.99. The number of aromatic hydroxyl groups is 1. The van der Waals surface area contributed by atoms with Gasteiger partial charge in [0.15, 0.2) is 11.5 Å². The quantitative estimate of drug-likeness (QED) is 0.750. The molecule has 0 heterocycles. The molecule has 0 fully saturated rings. The van der Waals surface area contributed by atoms with Gasteiger partial charge in [-0.3, -0.25) is 0 Å². The second kappa shape index (κ2) is 4.14. The minimum atomic E-state index is -0.491. The van der Waals surface area contributed by atoms with Gasteiger partial charge in [-0.2, -0.15) is 0 Å². The largest absolute Gasteiger partial charge is 0.504 e. The number of rotatable bonds is 3. The number of benzene rings is 1. The number of phenolic OH excluding ortho intramolecular Hbond substituents is 1. The number of phenols is 1. The highest BCUT2D eigenvalue weighted by molar-refractivity contribution is 5.42. The summed E-state index contributed by atoms with van der Waals surface area (Å²) in [6, 6.07) is 4.85. The van der Waals surface area contributed by atoms with Crippen molar-refractivity contribution >= 4 is 0 Å². The van der Waals surface area contributed by atoms with E-state index < -0.39 is 6.10 Å². The van der Waals surface area contributed by atoms with Crippen molar-refractivity contribution in [2.45, 2.75) is 19.4 Å². The smallest absolute Gasteiger partial charge is 0.160 e. The second-order valence-electron chi connectivity index (χ2n) is 2.86. The number of aliphatic hydroxyl groups is 1. The van der Waals surface area contributed by atoms with Crippen molar-refractivity contribution in [3.05, 3.63) is 23.8 Å². The van der Waals surface area contributed by atoms with E-state index in [0.717, 1.165) is 5.56 Å². The predicted molar refractivity (Wildman–Crippen MR) is 49.9 cm³/mol. The van der Waals surface area contributed by atoms with Crippen molar-refractivity contribution in [3.63, 3.8) is 0 Å². The van der Waals surface area contributed by atoms with E-state index in [1.165, 1.54) is 13.2 Å². The molecular formula is C10H14O3. The van der Waals surface area contributed by atoms with Crippen LogP contribution in [0.15, 0.2) is 18.2 Å². The summed E-state index contributed by atoms with van der Waals surface area (Å²) in [7, 11) is 1.48. The van der Waals surface area contributed by atoms with Crippen LogP contribution in [-0.4, -0.2) is 17.3 Å². The molecule has 0 radical (unpaired) electrons. The fourth-order valence-corrected chi connectivity index (χ4v) is 1.14. The summed E-state index contributed by atoms with van der Waals surface area (Å²) in [6.45, 7) is 1.89. The van der Waals surface area contributed by atoms with E-state index in [9.17, 15) is 10.2 Å². The Morgan fingerprint density at radius 3 is 2.69 bits per heavy atom. The van der Waals surface area contributed by atoms with E-state index in [4.69, 9.17) is 4.74 Å². The molecular weight excluding hydrogens is 168 g/mol. The molecule has 72 valence electrons. The van der Waals surface area contributed by atoms with Gasteiger partial charge in [0.1, 0.15) is 0 Å². The van der Waals surface area contributed by atoms with Gasteiger partial charge in [-0.1, -0.05) is 13.0 Å². The molecule has 1 rings (SSSR count). The summed E-state index contributed by atoms with van der Waals surface area (Å²) in [6.07, 6.45) is 0.156. The first-order valence-corrected chi connectivity index (χ1v) is 4.24. The van der Waals surface area contributed by atoms with Crippen LogP contribution in [0, 0.1) is 0 Å². The van der Waals surface area contributed by atoms with Crippen molar-refractivity contribution in [1.29, 1.82) is 0 Å². The molecule has 0 saturated heterocycles. The van der Waals surface area contributed by atoms with Crippen LogP contribution in [0.1, 0.15) is 25.0 Å². The molecule has 0 aliphatic carbocycles.